The quantitative estimate of drug-likeness (QED) is 0.604. The molecule has 0 bridgehead atoms. The van der Waals surface area contributed by atoms with Gasteiger partial charge in [-0.3, -0.25) is 4.57 Å². The average molecular weight is 330 g/mol. The normalized spacial score (nSPS) is 30.2. The molecule has 0 N–H and O–H groups in total. The number of nitrogens with zero attached hydrogens (tertiary/aromatic N) is 1. The van der Waals surface area contributed by atoms with E-state index in [0.717, 1.165) is 5.56 Å². The predicted molar refractivity (Wildman–Crippen MR) is 91.2 cm³/mol. The van der Waals surface area contributed by atoms with Gasteiger partial charge >= 0.3 is 8.03 Å². The van der Waals surface area contributed by atoms with Gasteiger partial charge < -0.3 is 8.85 Å². The van der Waals surface area contributed by atoms with Crippen molar-refractivity contribution in [2.45, 2.75) is 47.3 Å². The highest BCUT2D eigenvalue weighted by molar-refractivity contribution is 7.11. The van der Waals surface area contributed by atoms with Gasteiger partial charge in [-0.25, -0.2) is 0 Å². The van der Waals surface area contributed by atoms with Crippen LogP contribution in [0.5, 0.6) is 0 Å². The summed E-state index contributed by atoms with van der Waals surface area (Å²) < 4.78 is 14.2. The van der Waals surface area contributed by atoms with Crippen LogP contribution in [-0.4, -0.2) is 32.3 Å². The lowest BCUT2D eigenvalue weighted by atomic mass is 9.99. The third kappa shape index (κ3) is 4.30. The summed E-state index contributed by atoms with van der Waals surface area (Å²) in [6, 6.07) is 10.4. The van der Waals surface area contributed by atoms with Gasteiger partial charge in [-0.05, 0) is 24.9 Å². The van der Waals surface area contributed by atoms with E-state index in [0.29, 0.717) is 6.61 Å². The van der Waals surface area contributed by atoms with E-state index in [9.17, 15) is 0 Å². The van der Waals surface area contributed by atoms with E-state index in [4.69, 9.17) is 19.9 Å². The Kier molecular flexibility index (Phi) is 6.04. The van der Waals surface area contributed by atoms with E-state index in [-0.39, 0.29) is 25.0 Å². The van der Waals surface area contributed by atoms with Crippen molar-refractivity contribution in [3.8, 4) is 0 Å². The minimum atomic E-state index is -2.80. The minimum Gasteiger partial charge on any atom is -0.370 e. The summed E-state index contributed by atoms with van der Waals surface area (Å²) >= 11 is 6.69. The van der Waals surface area contributed by atoms with Crippen LogP contribution in [0.2, 0.25) is 0 Å². The molecule has 120 valence electrons. The Bertz CT molecular complexity index is 451. The van der Waals surface area contributed by atoms with Crippen molar-refractivity contribution in [1.29, 1.82) is 0 Å². The second kappa shape index (κ2) is 6.80. The van der Waals surface area contributed by atoms with Crippen LogP contribution in [0.1, 0.15) is 46.8 Å². The van der Waals surface area contributed by atoms with Crippen molar-refractivity contribution in [2.75, 3.05) is 13.7 Å². The van der Waals surface area contributed by atoms with Gasteiger partial charge in [0.05, 0.1) is 6.10 Å². The SMILES string of the molecule is C.C[C@H]1[C@H](c2ccccc2)O[Si@@](Cl)(OCC(C)(C)C)N1C. The highest BCUT2D eigenvalue weighted by atomic mass is 35.6. The first-order chi connectivity index (χ1) is 9.23. The minimum absolute atomic E-state index is 0. The number of hydrogen-bond acceptors (Lipinski definition) is 3. The summed E-state index contributed by atoms with van der Waals surface area (Å²) in [7, 11) is -0.807. The highest BCUT2D eigenvalue weighted by Crippen LogP contribution is 2.40. The molecular weight excluding hydrogens is 302 g/mol. The largest absolute Gasteiger partial charge is 0.537 e. The molecule has 0 radical (unpaired) electrons. The molecule has 0 unspecified atom stereocenters. The smallest absolute Gasteiger partial charge is 0.370 e. The monoisotopic (exact) mass is 329 g/mol. The Labute approximate surface area is 135 Å². The summed E-state index contributed by atoms with van der Waals surface area (Å²) in [5.74, 6) is 0. The molecule has 2 rings (SSSR count). The van der Waals surface area contributed by atoms with Gasteiger partial charge in [0.25, 0.3) is 0 Å². The Hall–Kier alpha value is -0.393. The zero-order valence-corrected chi connectivity index (χ0v) is 14.6. The fraction of sp³-hybridized carbons (Fsp3) is 0.625. The van der Waals surface area contributed by atoms with Gasteiger partial charge in [0, 0.05) is 12.6 Å². The van der Waals surface area contributed by atoms with Crippen molar-refractivity contribution in [2.24, 2.45) is 5.41 Å². The molecule has 1 aromatic rings. The molecule has 1 fully saturated rings. The molecule has 3 nitrogen and oxygen atoms in total. The van der Waals surface area contributed by atoms with Gasteiger partial charge in [-0.1, -0.05) is 69.6 Å². The molecule has 3 atom stereocenters. The van der Waals surface area contributed by atoms with E-state index in [1.54, 1.807) is 0 Å². The molecule has 0 amide bonds. The third-order valence-corrected chi connectivity index (χ3v) is 7.24. The fourth-order valence-corrected chi connectivity index (χ4v) is 5.45. The van der Waals surface area contributed by atoms with E-state index in [1.807, 2.05) is 25.2 Å². The van der Waals surface area contributed by atoms with Crippen molar-refractivity contribution < 1.29 is 8.85 Å². The fourth-order valence-electron chi connectivity index (χ4n) is 2.22. The van der Waals surface area contributed by atoms with Crippen molar-refractivity contribution >= 4 is 19.1 Å². The Morgan fingerprint density at radius 1 is 1.29 bits per heavy atom. The van der Waals surface area contributed by atoms with Crippen LogP contribution in [0.3, 0.4) is 0 Å². The first-order valence-electron chi connectivity index (χ1n) is 7.01. The maximum absolute atomic E-state index is 6.69. The third-order valence-electron chi connectivity index (χ3n) is 3.55. The lowest BCUT2D eigenvalue weighted by Crippen LogP contribution is -2.49. The van der Waals surface area contributed by atoms with Crippen molar-refractivity contribution in [3.63, 3.8) is 0 Å². The van der Waals surface area contributed by atoms with E-state index in [1.165, 1.54) is 0 Å². The number of halogens is 1. The van der Waals surface area contributed by atoms with Crippen LogP contribution in [0.15, 0.2) is 30.3 Å². The van der Waals surface area contributed by atoms with Crippen LogP contribution in [-0.2, 0) is 8.85 Å². The summed E-state index contributed by atoms with van der Waals surface area (Å²) in [6.07, 6.45) is -0.0228. The van der Waals surface area contributed by atoms with Gasteiger partial charge in [-0.2, -0.15) is 0 Å². The Morgan fingerprint density at radius 2 is 1.86 bits per heavy atom. The Balaban J connectivity index is 0.00000220. The molecule has 1 heterocycles. The van der Waals surface area contributed by atoms with Crippen LogP contribution in [0.4, 0.5) is 0 Å². The molecule has 5 heteroatoms. The summed E-state index contributed by atoms with van der Waals surface area (Å²) in [5, 5.41) is 0. The number of rotatable bonds is 3. The summed E-state index contributed by atoms with van der Waals surface area (Å²) in [4.78, 5) is 0. The zero-order valence-electron chi connectivity index (χ0n) is 12.9. The lowest BCUT2D eigenvalue weighted by molar-refractivity contribution is 0.117. The van der Waals surface area contributed by atoms with Gasteiger partial charge in [0.1, 0.15) is 0 Å². The van der Waals surface area contributed by atoms with Crippen molar-refractivity contribution in [1.82, 2.24) is 4.57 Å². The first-order valence-corrected chi connectivity index (χ1v) is 9.79. The second-order valence-corrected chi connectivity index (χ2v) is 10.3. The molecule has 1 saturated heterocycles. The maximum Gasteiger partial charge on any atom is 0.537 e. The predicted octanol–water partition coefficient (Wildman–Crippen LogP) is 4.45. The zero-order chi connectivity index (χ0) is 15.0. The average Bonchev–Trinajstić information content (AvgIpc) is 2.62. The van der Waals surface area contributed by atoms with Crippen LogP contribution in [0, 0.1) is 5.41 Å². The molecule has 0 spiro atoms. The second-order valence-electron chi connectivity index (χ2n) is 6.65. The standard InChI is InChI=1S/C15H24ClNO2Si.CH4/c1-12-14(13-9-7-6-8-10-13)19-20(16,17(12)5)18-11-15(2,3)4;/h6-10,12,14H,11H2,1-5H3;1H4/t12-,14+,20+;/m0./s1. The van der Waals surface area contributed by atoms with Gasteiger partial charge in [-0.15, -0.1) is 0 Å². The van der Waals surface area contributed by atoms with Gasteiger partial charge in [0.15, 0.2) is 0 Å². The van der Waals surface area contributed by atoms with Crippen LogP contribution >= 0.6 is 11.1 Å². The van der Waals surface area contributed by atoms with Crippen LogP contribution in [0.25, 0.3) is 0 Å². The van der Waals surface area contributed by atoms with E-state index in [2.05, 4.69) is 44.4 Å². The molecule has 0 aliphatic carbocycles. The molecule has 0 saturated carbocycles. The topological polar surface area (TPSA) is 21.7 Å². The first kappa shape index (κ1) is 18.7. The highest BCUT2D eigenvalue weighted by Gasteiger charge is 2.55. The molecule has 1 aromatic carbocycles. The summed E-state index contributed by atoms with van der Waals surface area (Å²) in [5.41, 5.74) is 1.23. The summed E-state index contributed by atoms with van der Waals surface area (Å²) in [6.45, 7) is 9.13. The van der Waals surface area contributed by atoms with E-state index >= 15 is 0 Å². The van der Waals surface area contributed by atoms with E-state index < -0.39 is 8.03 Å². The lowest BCUT2D eigenvalue weighted by Gasteiger charge is -2.29. The number of benzene rings is 1. The molecule has 1 aliphatic heterocycles. The molecule has 0 aromatic heterocycles. The van der Waals surface area contributed by atoms with Crippen LogP contribution < -0.4 is 0 Å². The van der Waals surface area contributed by atoms with Crippen molar-refractivity contribution in [3.05, 3.63) is 35.9 Å². The number of hydrogen-bond donors (Lipinski definition) is 0. The Morgan fingerprint density at radius 3 is 2.38 bits per heavy atom. The van der Waals surface area contributed by atoms with Gasteiger partial charge in [0.2, 0.25) is 0 Å². The number of likely N-dealkylation sites (N-methyl/N-ethyl adjacent to an activating group) is 1. The molecule has 1 aliphatic rings. The maximum atomic E-state index is 6.69. The molecule has 21 heavy (non-hydrogen) atoms. The molecular formula is C16H28ClNO2Si.